The van der Waals surface area contributed by atoms with Crippen molar-refractivity contribution < 1.29 is 14.6 Å². The van der Waals surface area contributed by atoms with Crippen molar-refractivity contribution in [2.45, 2.75) is 46.6 Å². The van der Waals surface area contributed by atoms with Crippen molar-refractivity contribution in [1.29, 1.82) is 0 Å². The van der Waals surface area contributed by atoms with Gasteiger partial charge in [0, 0.05) is 6.92 Å². The highest BCUT2D eigenvalue weighted by atomic mass is 16.5. The predicted octanol–water partition coefficient (Wildman–Crippen LogP) is 2.60. The Kier molecular flexibility index (Phi) is 7.56. The summed E-state index contributed by atoms with van der Waals surface area (Å²) in [4.78, 5) is 10.9. The van der Waals surface area contributed by atoms with Crippen LogP contribution in [0.5, 0.6) is 0 Å². The number of rotatable bonds is 6. The molecule has 3 nitrogen and oxygen atoms in total. The minimum absolute atomic E-state index is 0.0154. The molecule has 0 aliphatic rings. The molecule has 0 aromatic rings. The van der Waals surface area contributed by atoms with Gasteiger partial charge in [0.15, 0.2) is 0 Å². The van der Waals surface area contributed by atoms with Crippen molar-refractivity contribution in [3.8, 4) is 0 Å². The van der Waals surface area contributed by atoms with Crippen LogP contribution < -0.4 is 0 Å². The van der Waals surface area contributed by atoms with Crippen molar-refractivity contribution in [2.75, 3.05) is 6.61 Å². The number of esters is 1. The van der Waals surface area contributed by atoms with Gasteiger partial charge in [0.25, 0.3) is 0 Å². The minimum atomic E-state index is -0.365. The highest BCUT2D eigenvalue weighted by Gasteiger charge is 2.06. The number of allylic oxidation sites excluding steroid dienone is 1. The Balaban J connectivity index is 4.67. The van der Waals surface area contributed by atoms with Crippen LogP contribution in [-0.2, 0) is 9.53 Å². The fourth-order valence-corrected chi connectivity index (χ4v) is 1.40. The highest BCUT2D eigenvalue weighted by molar-refractivity contribution is 5.66. The normalized spacial score (nSPS) is 14.8. The lowest BCUT2D eigenvalue weighted by Gasteiger charge is -2.11. The van der Waals surface area contributed by atoms with Gasteiger partial charge < -0.3 is 9.84 Å². The van der Waals surface area contributed by atoms with Crippen LogP contribution >= 0.6 is 0 Å². The lowest BCUT2D eigenvalue weighted by Crippen LogP contribution is -2.12. The Morgan fingerprint density at radius 1 is 1.25 bits per heavy atom. The van der Waals surface area contributed by atoms with Crippen molar-refractivity contribution in [3.63, 3.8) is 0 Å². The highest BCUT2D eigenvalue weighted by Crippen LogP contribution is 2.09. The Morgan fingerprint density at radius 3 is 2.25 bits per heavy atom. The average Bonchev–Trinajstić information content (AvgIpc) is 2.16. The maximum atomic E-state index is 10.9. The zero-order valence-electron chi connectivity index (χ0n) is 10.6. The van der Waals surface area contributed by atoms with Crippen LogP contribution in [-0.4, -0.2) is 23.8 Å². The molecule has 1 unspecified atom stereocenters. The summed E-state index contributed by atoms with van der Waals surface area (Å²) in [6.45, 7) is 7.30. The molecule has 0 saturated heterocycles. The molecule has 0 aromatic heterocycles. The molecular formula is C13H22O3. The van der Waals surface area contributed by atoms with Crippen LogP contribution in [0.1, 0.15) is 40.5 Å². The molecule has 1 atom stereocenters. The summed E-state index contributed by atoms with van der Waals surface area (Å²) in [6.07, 6.45) is 5.38. The van der Waals surface area contributed by atoms with Crippen LogP contribution in [0, 0.1) is 0 Å². The van der Waals surface area contributed by atoms with E-state index in [0.29, 0.717) is 0 Å². The maximum Gasteiger partial charge on any atom is 0.303 e. The Hall–Kier alpha value is -1.09. The minimum Gasteiger partial charge on any atom is -0.454 e. The van der Waals surface area contributed by atoms with E-state index in [2.05, 4.69) is 6.92 Å². The molecule has 0 aliphatic carbocycles. The lowest BCUT2D eigenvalue weighted by molar-refractivity contribution is -0.142. The third-order valence-corrected chi connectivity index (χ3v) is 2.09. The van der Waals surface area contributed by atoms with E-state index in [1.165, 1.54) is 12.5 Å². The van der Waals surface area contributed by atoms with Gasteiger partial charge in [-0.1, -0.05) is 18.9 Å². The number of aliphatic hydroxyl groups is 1. The van der Waals surface area contributed by atoms with Crippen LogP contribution in [0.2, 0.25) is 0 Å². The summed E-state index contributed by atoms with van der Waals surface area (Å²) in [6, 6.07) is 0. The monoisotopic (exact) mass is 226 g/mol. The third-order valence-electron chi connectivity index (χ3n) is 2.09. The number of hydrogen-bond acceptors (Lipinski definition) is 3. The van der Waals surface area contributed by atoms with Crippen LogP contribution in [0.25, 0.3) is 0 Å². The second-order valence-electron chi connectivity index (χ2n) is 4.01. The zero-order chi connectivity index (χ0) is 12.6. The van der Waals surface area contributed by atoms with E-state index in [-0.39, 0.29) is 18.7 Å². The molecule has 0 spiro atoms. The lowest BCUT2D eigenvalue weighted by atomic mass is 10.1. The quantitative estimate of drug-likeness (QED) is 0.559. The van der Waals surface area contributed by atoms with E-state index in [1.54, 1.807) is 13.0 Å². The molecule has 0 heterocycles. The molecule has 0 fully saturated rings. The molecule has 92 valence electrons. The second kappa shape index (κ2) is 8.11. The number of carbonyl (C=O) groups excluding carboxylic acids is 1. The van der Waals surface area contributed by atoms with E-state index in [0.717, 1.165) is 18.4 Å². The first-order valence-corrected chi connectivity index (χ1v) is 5.62. The van der Waals surface area contributed by atoms with Gasteiger partial charge in [-0.15, -0.1) is 0 Å². The van der Waals surface area contributed by atoms with Crippen molar-refractivity contribution in [3.05, 3.63) is 23.3 Å². The Morgan fingerprint density at radius 2 is 1.81 bits per heavy atom. The molecule has 0 rings (SSSR count). The van der Waals surface area contributed by atoms with Crippen molar-refractivity contribution in [2.24, 2.45) is 0 Å². The molecule has 16 heavy (non-hydrogen) atoms. The van der Waals surface area contributed by atoms with Gasteiger partial charge in [-0.3, -0.25) is 4.79 Å². The molecule has 0 aliphatic heterocycles. The van der Waals surface area contributed by atoms with Gasteiger partial charge in [-0.05, 0) is 38.0 Å². The molecule has 3 heteroatoms. The Bertz CT molecular complexity index is 277. The topological polar surface area (TPSA) is 46.5 Å². The van der Waals surface area contributed by atoms with Crippen molar-refractivity contribution in [1.82, 2.24) is 0 Å². The number of aliphatic hydroxyl groups excluding tert-OH is 1. The molecule has 0 amide bonds. The molecule has 1 N–H and O–H groups in total. The molecular weight excluding hydrogens is 204 g/mol. The van der Waals surface area contributed by atoms with Crippen LogP contribution in [0.4, 0.5) is 0 Å². The average molecular weight is 226 g/mol. The van der Waals surface area contributed by atoms with Gasteiger partial charge in [-0.2, -0.15) is 0 Å². The van der Waals surface area contributed by atoms with E-state index >= 15 is 0 Å². The SMILES string of the molecule is CCC/C(C)=C/C(/C=C(\C)CO)OC(C)=O. The first-order chi connectivity index (χ1) is 7.49. The predicted molar refractivity (Wildman–Crippen MR) is 65.1 cm³/mol. The van der Waals surface area contributed by atoms with E-state index in [1.807, 2.05) is 13.0 Å². The van der Waals surface area contributed by atoms with Gasteiger partial charge in [0.05, 0.1) is 6.61 Å². The fourth-order valence-electron chi connectivity index (χ4n) is 1.40. The third kappa shape index (κ3) is 7.23. The summed E-state index contributed by atoms with van der Waals surface area (Å²) < 4.78 is 5.14. The molecule has 0 radical (unpaired) electrons. The van der Waals surface area contributed by atoms with E-state index in [9.17, 15) is 4.79 Å². The standard InChI is InChI=1S/C13H22O3/c1-5-6-10(2)7-13(16-12(4)15)8-11(3)9-14/h7-8,13-14H,5-6,9H2,1-4H3/b10-7+,11-8+. The zero-order valence-corrected chi connectivity index (χ0v) is 10.6. The van der Waals surface area contributed by atoms with Gasteiger partial charge in [-0.25, -0.2) is 0 Å². The van der Waals surface area contributed by atoms with Gasteiger partial charge >= 0.3 is 5.97 Å². The summed E-state index contributed by atoms with van der Waals surface area (Å²) in [5.74, 6) is -0.312. The van der Waals surface area contributed by atoms with Gasteiger partial charge in [0.2, 0.25) is 0 Å². The van der Waals surface area contributed by atoms with Crippen molar-refractivity contribution >= 4 is 5.97 Å². The first kappa shape index (κ1) is 14.9. The second-order valence-corrected chi connectivity index (χ2v) is 4.01. The summed E-state index contributed by atoms with van der Waals surface area (Å²) >= 11 is 0. The maximum absolute atomic E-state index is 10.9. The van der Waals surface area contributed by atoms with E-state index < -0.39 is 0 Å². The summed E-state index contributed by atoms with van der Waals surface area (Å²) in [5, 5.41) is 8.93. The summed E-state index contributed by atoms with van der Waals surface area (Å²) in [5.41, 5.74) is 1.99. The van der Waals surface area contributed by atoms with Crippen LogP contribution in [0.3, 0.4) is 0 Å². The van der Waals surface area contributed by atoms with Gasteiger partial charge in [0.1, 0.15) is 6.10 Å². The summed E-state index contributed by atoms with van der Waals surface area (Å²) in [7, 11) is 0. The number of carbonyl (C=O) groups is 1. The Labute approximate surface area is 97.8 Å². The van der Waals surface area contributed by atoms with Crippen LogP contribution in [0.15, 0.2) is 23.3 Å². The largest absolute Gasteiger partial charge is 0.454 e. The molecule has 0 bridgehead atoms. The molecule has 0 aromatic carbocycles. The number of ether oxygens (including phenoxy) is 1. The van der Waals surface area contributed by atoms with E-state index in [4.69, 9.17) is 9.84 Å². The first-order valence-electron chi connectivity index (χ1n) is 5.62. The number of hydrogen-bond donors (Lipinski definition) is 1. The fraction of sp³-hybridized carbons (Fsp3) is 0.615. The molecule has 0 saturated carbocycles. The smallest absolute Gasteiger partial charge is 0.303 e.